The molecule has 1 unspecified atom stereocenters. The van der Waals surface area contributed by atoms with Crippen LogP contribution >= 0.6 is 23.5 Å². The molecule has 0 saturated heterocycles. The van der Waals surface area contributed by atoms with Crippen LogP contribution < -0.4 is 0 Å². The standard InChI is InChI=1S/C19H20O3S2/c1-19(2)9-13-8-15(17(21)22)24-18(16(13)14(20)10-19)23-11-12-6-4-3-5-7-12/h3-8,13H,9-11H2,1-2H3,(H,21,22). The maximum Gasteiger partial charge on any atom is 0.342 e. The molecule has 1 saturated carbocycles. The van der Waals surface area contributed by atoms with Gasteiger partial charge < -0.3 is 5.11 Å². The molecule has 3 nitrogen and oxygen atoms in total. The van der Waals surface area contributed by atoms with Crippen molar-refractivity contribution in [1.82, 2.24) is 0 Å². The van der Waals surface area contributed by atoms with E-state index in [2.05, 4.69) is 13.8 Å². The van der Waals surface area contributed by atoms with Crippen molar-refractivity contribution in [3.05, 3.63) is 56.7 Å². The Bertz CT molecular complexity index is 732. The molecule has 126 valence electrons. The second kappa shape index (κ2) is 6.81. The first kappa shape index (κ1) is 17.4. The SMILES string of the molecule is CC1(C)CC(=O)C2=C(SCc3ccccc3)SC(C(=O)O)=CC2C1. The zero-order valence-electron chi connectivity index (χ0n) is 13.7. The van der Waals surface area contributed by atoms with E-state index < -0.39 is 5.97 Å². The van der Waals surface area contributed by atoms with Gasteiger partial charge in [-0.1, -0.05) is 62.0 Å². The van der Waals surface area contributed by atoms with Gasteiger partial charge in [0.15, 0.2) is 5.78 Å². The van der Waals surface area contributed by atoms with Crippen molar-refractivity contribution in [2.24, 2.45) is 11.3 Å². The number of hydrogen-bond acceptors (Lipinski definition) is 4. The topological polar surface area (TPSA) is 54.4 Å². The van der Waals surface area contributed by atoms with Gasteiger partial charge in [-0.3, -0.25) is 4.79 Å². The van der Waals surface area contributed by atoms with Crippen LogP contribution in [0, 0.1) is 11.3 Å². The quantitative estimate of drug-likeness (QED) is 0.831. The molecule has 3 rings (SSSR count). The largest absolute Gasteiger partial charge is 0.477 e. The predicted molar refractivity (Wildman–Crippen MR) is 99.6 cm³/mol. The molecule has 24 heavy (non-hydrogen) atoms. The lowest BCUT2D eigenvalue weighted by Crippen LogP contribution is -2.32. The molecule has 0 amide bonds. The van der Waals surface area contributed by atoms with E-state index in [-0.39, 0.29) is 17.1 Å². The Morgan fingerprint density at radius 2 is 2.04 bits per heavy atom. The molecule has 1 aliphatic carbocycles. The molecule has 0 radical (unpaired) electrons. The summed E-state index contributed by atoms with van der Waals surface area (Å²) in [5, 5.41) is 9.42. The van der Waals surface area contributed by atoms with Gasteiger partial charge in [0, 0.05) is 23.7 Å². The Morgan fingerprint density at radius 3 is 2.71 bits per heavy atom. The number of carbonyl (C=O) groups excluding carboxylic acids is 1. The Kier molecular flexibility index (Phi) is 4.92. The van der Waals surface area contributed by atoms with Gasteiger partial charge in [-0.2, -0.15) is 0 Å². The Labute approximate surface area is 150 Å². The fourth-order valence-corrected chi connectivity index (χ4v) is 5.72. The highest BCUT2D eigenvalue weighted by atomic mass is 32.2. The summed E-state index contributed by atoms with van der Waals surface area (Å²) in [5.41, 5.74) is 1.91. The van der Waals surface area contributed by atoms with E-state index in [9.17, 15) is 14.7 Å². The Morgan fingerprint density at radius 1 is 1.33 bits per heavy atom. The number of Topliss-reactive ketones (excluding diaryl/α,β-unsaturated/α-hetero) is 1. The first-order valence-electron chi connectivity index (χ1n) is 7.93. The second-order valence-electron chi connectivity index (χ2n) is 6.99. The van der Waals surface area contributed by atoms with Crippen LogP contribution in [0.3, 0.4) is 0 Å². The summed E-state index contributed by atoms with van der Waals surface area (Å²) in [5.74, 6) is -0.0808. The molecule has 1 heterocycles. The van der Waals surface area contributed by atoms with E-state index in [0.29, 0.717) is 11.3 Å². The molecule has 0 bridgehead atoms. The summed E-state index contributed by atoms with van der Waals surface area (Å²) in [6, 6.07) is 10.0. The van der Waals surface area contributed by atoms with Crippen molar-refractivity contribution in [1.29, 1.82) is 0 Å². The lowest BCUT2D eigenvalue weighted by molar-refractivity contribution is -0.132. The van der Waals surface area contributed by atoms with Gasteiger partial charge >= 0.3 is 5.97 Å². The average Bonchev–Trinajstić information content (AvgIpc) is 2.51. The highest BCUT2D eigenvalue weighted by Gasteiger charge is 2.40. The number of carboxylic acid groups (broad SMARTS) is 1. The summed E-state index contributed by atoms with van der Waals surface area (Å²) in [7, 11) is 0. The van der Waals surface area contributed by atoms with Crippen molar-refractivity contribution in [3.8, 4) is 0 Å². The first-order valence-corrected chi connectivity index (χ1v) is 9.73. The van der Waals surface area contributed by atoms with Crippen LogP contribution in [-0.4, -0.2) is 16.9 Å². The summed E-state index contributed by atoms with van der Waals surface area (Å²) in [4.78, 5) is 24.5. The first-order chi connectivity index (χ1) is 11.4. The third-order valence-corrected chi connectivity index (χ3v) is 6.78. The third-order valence-electron chi connectivity index (χ3n) is 4.28. The Balaban J connectivity index is 1.89. The van der Waals surface area contributed by atoms with Gasteiger partial charge in [0.2, 0.25) is 0 Å². The molecular formula is C19H20O3S2. The van der Waals surface area contributed by atoms with Crippen LogP contribution in [0.1, 0.15) is 32.3 Å². The van der Waals surface area contributed by atoms with Crippen LogP contribution in [0.2, 0.25) is 0 Å². The minimum Gasteiger partial charge on any atom is -0.477 e. The van der Waals surface area contributed by atoms with Gasteiger partial charge in [0.05, 0.1) is 9.14 Å². The van der Waals surface area contributed by atoms with E-state index in [0.717, 1.165) is 22.0 Å². The number of aliphatic carboxylic acids is 1. The summed E-state index contributed by atoms with van der Waals surface area (Å²) < 4.78 is 0.865. The predicted octanol–water partition coefficient (Wildman–Crippen LogP) is 4.85. The number of hydrogen-bond donors (Lipinski definition) is 1. The number of thioether (sulfide) groups is 2. The van der Waals surface area contributed by atoms with Crippen molar-refractivity contribution in [2.75, 3.05) is 0 Å². The lowest BCUT2D eigenvalue weighted by Gasteiger charge is -2.37. The Hall–Kier alpha value is -1.46. The highest BCUT2D eigenvalue weighted by Crippen LogP contribution is 2.51. The van der Waals surface area contributed by atoms with Crippen LogP contribution in [0.15, 0.2) is 51.1 Å². The van der Waals surface area contributed by atoms with Crippen molar-refractivity contribution < 1.29 is 14.7 Å². The maximum atomic E-state index is 12.7. The monoisotopic (exact) mass is 360 g/mol. The molecule has 1 aliphatic heterocycles. The number of benzene rings is 1. The van der Waals surface area contributed by atoms with Crippen LogP contribution in [0.25, 0.3) is 0 Å². The van der Waals surface area contributed by atoms with Crippen molar-refractivity contribution in [2.45, 2.75) is 32.4 Å². The fourth-order valence-electron chi connectivity index (χ4n) is 3.23. The van der Waals surface area contributed by atoms with Crippen molar-refractivity contribution >= 4 is 35.3 Å². The van der Waals surface area contributed by atoms with E-state index in [1.807, 2.05) is 30.3 Å². The van der Waals surface area contributed by atoms with E-state index in [1.54, 1.807) is 17.8 Å². The van der Waals surface area contributed by atoms with Gasteiger partial charge in [-0.25, -0.2) is 4.79 Å². The summed E-state index contributed by atoms with van der Waals surface area (Å²) in [6.07, 6.45) is 3.12. The van der Waals surface area contributed by atoms with Gasteiger partial charge in [-0.05, 0) is 17.4 Å². The zero-order valence-corrected chi connectivity index (χ0v) is 15.4. The fraction of sp³-hybridized carbons (Fsp3) is 0.368. The van der Waals surface area contributed by atoms with Crippen LogP contribution in [0.5, 0.6) is 0 Å². The maximum absolute atomic E-state index is 12.7. The van der Waals surface area contributed by atoms with Gasteiger partial charge in [0.25, 0.3) is 0 Å². The molecule has 1 atom stereocenters. The summed E-state index contributed by atoms with van der Waals surface area (Å²) in [6.45, 7) is 4.16. The minimum atomic E-state index is -0.910. The molecule has 0 spiro atoms. The molecule has 2 aliphatic rings. The van der Waals surface area contributed by atoms with Gasteiger partial charge in [-0.15, -0.1) is 11.8 Å². The van der Waals surface area contributed by atoms with E-state index in [4.69, 9.17) is 0 Å². The number of carbonyl (C=O) groups is 2. The van der Waals surface area contributed by atoms with Crippen LogP contribution in [-0.2, 0) is 15.3 Å². The molecule has 1 N–H and O–H groups in total. The van der Waals surface area contributed by atoms with Crippen molar-refractivity contribution in [3.63, 3.8) is 0 Å². The molecule has 1 aromatic rings. The number of rotatable bonds is 4. The number of carboxylic acids is 1. The molecule has 1 fully saturated rings. The minimum absolute atomic E-state index is 0.0770. The number of allylic oxidation sites excluding steroid dienone is 2. The van der Waals surface area contributed by atoms with Crippen LogP contribution in [0.4, 0.5) is 0 Å². The normalized spacial score (nSPS) is 22.8. The molecule has 1 aromatic carbocycles. The van der Waals surface area contributed by atoms with Gasteiger partial charge in [0.1, 0.15) is 0 Å². The van der Waals surface area contributed by atoms with E-state index >= 15 is 0 Å². The molecule has 0 aromatic heterocycles. The second-order valence-corrected chi connectivity index (χ2v) is 9.28. The van der Waals surface area contributed by atoms with E-state index in [1.165, 1.54) is 17.3 Å². The average molecular weight is 361 g/mol. The highest BCUT2D eigenvalue weighted by molar-refractivity contribution is 8.24. The third kappa shape index (κ3) is 3.78. The summed E-state index contributed by atoms with van der Waals surface area (Å²) >= 11 is 2.81. The number of ketones is 1. The lowest BCUT2D eigenvalue weighted by atomic mass is 9.69. The smallest absolute Gasteiger partial charge is 0.342 e. The number of fused-ring (bicyclic) bond motifs is 1. The zero-order chi connectivity index (χ0) is 17.3. The molecule has 5 heteroatoms. The molecular weight excluding hydrogens is 340 g/mol.